The first-order chi connectivity index (χ1) is 11.5. The molecule has 2 rings (SSSR count). The normalized spacial score (nSPS) is 22.3. The van der Waals surface area contributed by atoms with Gasteiger partial charge in [-0.05, 0) is 31.0 Å². The predicted molar refractivity (Wildman–Crippen MR) is 98.0 cm³/mol. The van der Waals surface area contributed by atoms with E-state index in [-0.39, 0.29) is 11.1 Å². The Bertz CT molecular complexity index is 489. The highest BCUT2D eigenvalue weighted by Crippen LogP contribution is 2.42. The van der Waals surface area contributed by atoms with Crippen molar-refractivity contribution in [1.82, 2.24) is 0 Å². The van der Waals surface area contributed by atoms with E-state index in [0.717, 1.165) is 25.3 Å². The van der Waals surface area contributed by atoms with Crippen molar-refractivity contribution in [3.8, 4) is 0 Å². The molecule has 0 radical (unpaired) electrons. The Kier molecular flexibility index (Phi) is 8.62. The second kappa shape index (κ2) is 9.93. The van der Waals surface area contributed by atoms with Gasteiger partial charge in [0.15, 0.2) is 0 Å². The van der Waals surface area contributed by atoms with Crippen molar-refractivity contribution in [3.05, 3.63) is 35.9 Å². The van der Waals surface area contributed by atoms with Gasteiger partial charge >= 0.3 is 8.56 Å². The van der Waals surface area contributed by atoms with Gasteiger partial charge in [0.1, 0.15) is 5.22 Å². The third-order valence-corrected chi connectivity index (χ3v) is 9.22. The maximum atomic E-state index is 10.4. The molecule has 0 spiro atoms. The zero-order valence-electron chi connectivity index (χ0n) is 15.3. The Balaban J connectivity index is 0.000000272. The predicted octanol–water partition coefficient (Wildman–Crippen LogP) is 3.42. The molecule has 1 amide bonds. The molecule has 1 aromatic carbocycles. The molecule has 1 unspecified atom stereocenters. The second-order valence-corrected chi connectivity index (χ2v) is 9.78. The van der Waals surface area contributed by atoms with E-state index >= 15 is 0 Å². The molecular weight excluding hydrogens is 322 g/mol. The fourth-order valence-corrected chi connectivity index (χ4v) is 7.52. The molecule has 1 aliphatic rings. The quantitative estimate of drug-likeness (QED) is 0.796. The van der Waals surface area contributed by atoms with Crippen LogP contribution in [0.25, 0.3) is 0 Å². The van der Waals surface area contributed by atoms with Gasteiger partial charge in [-0.25, -0.2) is 0 Å². The molecule has 2 N–H and O–H groups in total. The summed E-state index contributed by atoms with van der Waals surface area (Å²) in [6.45, 7) is 2.19. The van der Waals surface area contributed by atoms with Crippen molar-refractivity contribution < 1.29 is 18.4 Å². The van der Waals surface area contributed by atoms with Gasteiger partial charge in [0.25, 0.3) is 0 Å². The van der Waals surface area contributed by atoms with Gasteiger partial charge < -0.3 is 19.3 Å². The maximum Gasteiger partial charge on any atom is 0.370 e. The number of benzene rings is 1. The van der Waals surface area contributed by atoms with Gasteiger partial charge in [0, 0.05) is 26.9 Å². The molecule has 0 bridgehead atoms. The van der Waals surface area contributed by atoms with Gasteiger partial charge in [0.2, 0.25) is 5.91 Å². The van der Waals surface area contributed by atoms with Crippen molar-refractivity contribution >= 4 is 14.5 Å². The fraction of sp³-hybridized carbons (Fsp3) is 0.611. The standard InChI is InChI=1S/C11H24O3Si.C7H7NO/c1-5-8-11(12-2)9-6-7-10-15(11,13-3)14-4;8-7(9)6-4-2-1-3-5-6/h5-10H2,1-4H3;1-5H,(H2,8,9). The second-order valence-electron chi connectivity index (χ2n) is 6.05. The summed E-state index contributed by atoms with van der Waals surface area (Å²) >= 11 is 0. The van der Waals surface area contributed by atoms with Crippen LogP contribution in [0.3, 0.4) is 0 Å². The van der Waals surface area contributed by atoms with Crippen molar-refractivity contribution in [1.29, 1.82) is 0 Å². The van der Waals surface area contributed by atoms with Gasteiger partial charge in [-0.1, -0.05) is 44.4 Å². The van der Waals surface area contributed by atoms with Crippen LogP contribution in [-0.4, -0.2) is 41.0 Å². The molecule has 24 heavy (non-hydrogen) atoms. The van der Waals surface area contributed by atoms with Crippen LogP contribution < -0.4 is 5.73 Å². The van der Waals surface area contributed by atoms with Gasteiger partial charge in [0.05, 0.1) is 0 Å². The first-order valence-corrected chi connectivity index (χ1v) is 10.5. The van der Waals surface area contributed by atoms with Crippen LogP contribution in [0.5, 0.6) is 0 Å². The number of nitrogens with two attached hydrogens (primary N) is 1. The molecular formula is C18H31NO4Si. The minimum Gasteiger partial charge on any atom is -0.396 e. The SMILES string of the molecule is CCCC1(OC)CCCC[Si]1(OC)OC.NC(=O)c1ccccc1. The van der Waals surface area contributed by atoms with Crippen molar-refractivity contribution in [2.75, 3.05) is 21.3 Å². The Morgan fingerprint density at radius 1 is 1.17 bits per heavy atom. The van der Waals surface area contributed by atoms with Crippen LogP contribution in [0, 0.1) is 0 Å². The Labute approximate surface area is 146 Å². The molecule has 1 atom stereocenters. The van der Waals surface area contributed by atoms with Crippen molar-refractivity contribution in [2.45, 2.75) is 50.3 Å². The van der Waals surface area contributed by atoms with E-state index in [9.17, 15) is 4.79 Å². The van der Waals surface area contributed by atoms with Crippen LogP contribution >= 0.6 is 0 Å². The van der Waals surface area contributed by atoms with Crippen LogP contribution in [0.15, 0.2) is 30.3 Å². The largest absolute Gasteiger partial charge is 0.396 e. The summed E-state index contributed by atoms with van der Waals surface area (Å²) in [5, 5.41) is -0.122. The average molecular weight is 354 g/mol. The molecule has 0 aromatic heterocycles. The lowest BCUT2D eigenvalue weighted by molar-refractivity contribution is -0.0149. The first-order valence-electron chi connectivity index (χ1n) is 8.51. The van der Waals surface area contributed by atoms with Crippen molar-refractivity contribution in [3.63, 3.8) is 0 Å². The summed E-state index contributed by atoms with van der Waals surface area (Å²) in [5.74, 6) is -0.379. The van der Waals surface area contributed by atoms with E-state index in [0.29, 0.717) is 5.56 Å². The van der Waals surface area contributed by atoms with Gasteiger partial charge in [-0.15, -0.1) is 0 Å². The fourth-order valence-electron chi connectivity index (χ4n) is 3.53. The molecule has 1 fully saturated rings. The number of ether oxygens (including phenoxy) is 1. The summed E-state index contributed by atoms with van der Waals surface area (Å²) in [6.07, 6.45) is 5.70. The number of carbonyl (C=O) groups is 1. The number of amides is 1. The highest BCUT2D eigenvalue weighted by Gasteiger charge is 2.58. The summed E-state index contributed by atoms with van der Waals surface area (Å²) in [4.78, 5) is 10.4. The first kappa shape index (κ1) is 20.8. The van der Waals surface area contributed by atoms with E-state index in [2.05, 4.69) is 6.92 Å². The smallest absolute Gasteiger partial charge is 0.370 e. The van der Waals surface area contributed by atoms with Crippen molar-refractivity contribution in [2.24, 2.45) is 5.73 Å². The van der Waals surface area contributed by atoms with Crippen LogP contribution in [0.2, 0.25) is 6.04 Å². The van der Waals surface area contributed by atoms with Gasteiger partial charge in [-0.2, -0.15) is 0 Å². The minimum atomic E-state index is -2.15. The molecule has 0 saturated carbocycles. The molecule has 136 valence electrons. The van der Waals surface area contributed by atoms with Gasteiger partial charge in [-0.3, -0.25) is 4.79 Å². The molecule has 1 aliphatic heterocycles. The third-order valence-electron chi connectivity index (χ3n) is 4.79. The summed E-state index contributed by atoms with van der Waals surface area (Å²) in [6, 6.07) is 9.82. The lowest BCUT2D eigenvalue weighted by atomic mass is 10.1. The monoisotopic (exact) mass is 353 g/mol. The molecule has 5 nitrogen and oxygen atoms in total. The lowest BCUT2D eigenvalue weighted by Crippen LogP contribution is -2.64. The third kappa shape index (κ3) is 4.66. The van der Waals surface area contributed by atoms with E-state index in [1.165, 1.54) is 12.8 Å². The zero-order valence-corrected chi connectivity index (χ0v) is 16.3. The van der Waals surface area contributed by atoms with Crippen LogP contribution in [-0.2, 0) is 13.6 Å². The summed E-state index contributed by atoms with van der Waals surface area (Å²) in [7, 11) is 3.22. The number of carbonyl (C=O) groups excluding carboxylic acids is 1. The maximum absolute atomic E-state index is 10.4. The molecule has 1 saturated heterocycles. The molecule has 6 heteroatoms. The zero-order chi connectivity index (χ0) is 18.1. The van der Waals surface area contributed by atoms with Crippen LogP contribution in [0.4, 0.5) is 0 Å². The Morgan fingerprint density at radius 3 is 2.21 bits per heavy atom. The topological polar surface area (TPSA) is 70.8 Å². The van der Waals surface area contributed by atoms with Crippen LogP contribution in [0.1, 0.15) is 49.4 Å². The number of methoxy groups -OCH3 is 1. The average Bonchev–Trinajstić information content (AvgIpc) is 2.63. The molecule has 0 aliphatic carbocycles. The minimum absolute atomic E-state index is 0.122. The summed E-state index contributed by atoms with van der Waals surface area (Å²) in [5.41, 5.74) is 5.53. The number of rotatable bonds is 6. The van der Waals surface area contributed by atoms with E-state index < -0.39 is 8.56 Å². The summed E-state index contributed by atoms with van der Waals surface area (Å²) < 4.78 is 17.4. The number of primary amides is 1. The van der Waals surface area contributed by atoms with E-state index in [1.807, 2.05) is 6.07 Å². The highest BCUT2D eigenvalue weighted by atomic mass is 28.4. The lowest BCUT2D eigenvalue weighted by Gasteiger charge is -2.47. The molecule has 1 aromatic rings. The highest BCUT2D eigenvalue weighted by molar-refractivity contribution is 6.70. The molecule has 1 heterocycles. The number of hydrogen-bond acceptors (Lipinski definition) is 4. The van der Waals surface area contributed by atoms with E-state index in [1.54, 1.807) is 45.6 Å². The van der Waals surface area contributed by atoms with E-state index in [4.69, 9.17) is 19.3 Å². The Morgan fingerprint density at radius 2 is 1.79 bits per heavy atom. The number of hydrogen-bond donors (Lipinski definition) is 1. The Hall–Kier alpha value is -1.21.